The summed E-state index contributed by atoms with van der Waals surface area (Å²) >= 11 is 0. The van der Waals surface area contributed by atoms with Gasteiger partial charge in [-0.3, -0.25) is 20.2 Å². The molecule has 378 valence electrons. The summed E-state index contributed by atoms with van der Waals surface area (Å²) in [5.41, 5.74) is 10.7. The van der Waals surface area contributed by atoms with Crippen LogP contribution in [0.25, 0.3) is 11.1 Å². The number of hydrogen-bond donors (Lipinski definition) is 2. The Morgan fingerprint density at radius 2 is 0.589 bits per heavy atom. The molecular weight excluding hydrogens is 905 g/mol. The van der Waals surface area contributed by atoms with Crippen LogP contribution in [0.2, 0.25) is 0 Å². The van der Waals surface area contributed by atoms with E-state index in [0.29, 0.717) is 11.1 Å². The van der Waals surface area contributed by atoms with Gasteiger partial charge >= 0.3 is 11.4 Å². The van der Waals surface area contributed by atoms with Gasteiger partial charge in [0, 0.05) is 12.1 Å². The minimum atomic E-state index is -1.22. The Balaban J connectivity index is 1.05. The van der Waals surface area contributed by atoms with Crippen LogP contribution in [0, 0.1) is 91.2 Å². The molecule has 17 aliphatic carbocycles. The normalized spacial score (nSPS) is 42.7. The third-order valence-electron chi connectivity index (χ3n) is 25.1. The highest BCUT2D eigenvalue weighted by Crippen LogP contribution is 2.72. The molecule has 2 N–H and O–H groups in total. The maximum atomic E-state index is 13.3. The minimum absolute atomic E-state index is 0.00370. The molecule has 73 heavy (non-hydrogen) atoms. The summed E-state index contributed by atoms with van der Waals surface area (Å²) in [6, 6.07) is 21.1. The van der Waals surface area contributed by atoms with Gasteiger partial charge in [-0.25, -0.2) is 0 Å². The topological polar surface area (TPSA) is 127 Å². The third kappa shape index (κ3) is 5.86. The van der Waals surface area contributed by atoms with Crippen LogP contribution in [0.1, 0.15) is 199 Å². The molecule has 8 nitrogen and oxygen atoms in total. The first kappa shape index (κ1) is 43.5. The first-order chi connectivity index (χ1) is 35.2. The Kier molecular flexibility index (Phi) is 8.58. The lowest BCUT2D eigenvalue weighted by Crippen LogP contribution is -2.50. The van der Waals surface area contributed by atoms with Crippen molar-refractivity contribution in [2.45, 2.75) is 181 Å². The molecule has 4 aromatic carbocycles. The number of phenols is 2. The minimum Gasteiger partial charge on any atom is -0.502 e. The summed E-state index contributed by atoms with van der Waals surface area (Å²) in [4.78, 5) is 25.7. The molecule has 0 amide bonds. The number of benzene rings is 4. The van der Waals surface area contributed by atoms with Crippen LogP contribution in [0.4, 0.5) is 11.4 Å². The monoisotopic (exact) mass is 977 g/mol. The zero-order chi connectivity index (χ0) is 48.7. The first-order valence-electron chi connectivity index (χ1n) is 29.6. The number of nitro groups is 2. The molecule has 16 bridgehead atoms. The summed E-state index contributed by atoms with van der Waals surface area (Å²) in [6.45, 7) is 0. The predicted octanol–water partition coefficient (Wildman–Crippen LogP) is 15.1. The zero-order valence-corrected chi connectivity index (χ0v) is 42.6. The second-order valence-corrected chi connectivity index (χ2v) is 29.4. The molecule has 21 rings (SSSR count). The van der Waals surface area contributed by atoms with Crippen molar-refractivity contribution in [3.8, 4) is 22.6 Å². The Hall–Kier alpha value is -4.72. The van der Waals surface area contributed by atoms with Crippen LogP contribution in [-0.4, -0.2) is 20.1 Å². The molecular formula is C65H72N2O6. The Morgan fingerprint density at radius 3 is 0.849 bits per heavy atom. The zero-order valence-electron chi connectivity index (χ0n) is 42.6. The second kappa shape index (κ2) is 14.4. The molecule has 0 heterocycles. The molecule has 0 spiro atoms. The van der Waals surface area contributed by atoms with Crippen LogP contribution < -0.4 is 0 Å². The second-order valence-electron chi connectivity index (χ2n) is 29.4. The number of rotatable bonds is 8. The Bertz CT molecular complexity index is 2780. The van der Waals surface area contributed by atoms with E-state index in [9.17, 15) is 30.4 Å². The van der Waals surface area contributed by atoms with Gasteiger partial charge in [0.1, 0.15) is 0 Å². The molecule has 16 saturated carbocycles. The highest BCUT2D eigenvalue weighted by Gasteiger charge is 2.62. The van der Waals surface area contributed by atoms with E-state index in [1.165, 1.54) is 188 Å². The number of aromatic hydroxyl groups is 2. The standard InChI is InChI=1S/C65H72N2O6/c68-57-3-1-47(21-55(57)66(70)71)65(48-2-4-58(69)56(22-48)67(72)73)53-19-49(61-23-35-5-36(24-61)7-37(6-35)25-61)17-51(63-29-41-11-42(30-63)13-43(12-41)31-63)59(53)60-52(64-32-44-14-45(33-64)16-46(15-44)34-64)18-50(20-54(60)65)62-26-38-8-39(27-62)10-40(9-38)28-62/h1-4,17-22,35-46,68-69H,5-16,23-34H2. The van der Waals surface area contributed by atoms with E-state index in [-0.39, 0.29) is 44.5 Å². The first-order valence-corrected chi connectivity index (χ1v) is 29.6. The molecule has 17 aliphatic rings. The number of hydrogen-bond acceptors (Lipinski definition) is 6. The fourth-order valence-electron chi connectivity index (χ4n) is 24.4. The van der Waals surface area contributed by atoms with E-state index in [1.807, 2.05) is 12.1 Å². The van der Waals surface area contributed by atoms with Gasteiger partial charge in [-0.05, 0) is 315 Å². The van der Waals surface area contributed by atoms with Crippen LogP contribution in [-0.2, 0) is 27.1 Å². The molecule has 4 aromatic rings. The summed E-state index contributed by atoms with van der Waals surface area (Å²) in [7, 11) is 0. The van der Waals surface area contributed by atoms with E-state index < -0.39 is 15.3 Å². The summed E-state index contributed by atoms with van der Waals surface area (Å²) < 4.78 is 0. The molecule has 0 unspecified atom stereocenters. The molecule has 0 aromatic heterocycles. The van der Waals surface area contributed by atoms with Gasteiger partial charge in [0.05, 0.1) is 15.3 Å². The van der Waals surface area contributed by atoms with Gasteiger partial charge in [-0.2, -0.15) is 0 Å². The lowest BCUT2D eigenvalue weighted by Gasteiger charge is -2.59. The SMILES string of the molecule is O=[N+]([O-])c1cc(C2(c3ccc(O)c([N+](=O)[O-])c3)c3cc(C45CC6CC(CC(C6)C4)C5)cc(C45CC6CC(CC(C6)C4)C5)c3-c3c(C45CC6CC(CC(C6)C4)C5)cc(C45CC6CC(CC(C6)C4)C5)cc32)ccc1O. The van der Waals surface area contributed by atoms with E-state index in [4.69, 9.17) is 0 Å². The van der Waals surface area contributed by atoms with E-state index in [1.54, 1.807) is 23.3 Å². The Morgan fingerprint density at radius 1 is 0.342 bits per heavy atom. The van der Waals surface area contributed by atoms with Crippen molar-refractivity contribution in [1.82, 2.24) is 0 Å². The van der Waals surface area contributed by atoms with Crippen molar-refractivity contribution in [3.63, 3.8) is 0 Å². The summed E-state index contributed by atoms with van der Waals surface area (Å²) in [5.74, 6) is 7.96. The van der Waals surface area contributed by atoms with Crippen LogP contribution >= 0.6 is 0 Å². The lowest BCUT2D eigenvalue weighted by atomic mass is 9.45. The number of nitrogens with zero attached hydrogens (tertiary/aromatic N) is 2. The van der Waals surface area contributed by atoms with Crippen molar-refractivity contribution in [2.24, 2.45) is 71.0 Å². The average Bonchev–Trinajstić information content (AvgIpc) is 3.81. The summed E-state index contributed by atoms with van der Waals surface area (Å²) in [5, 5.41) is 49.5. The van der Waals surface area contributed by atoms with Gasteiger partial charge in [0.15, 0.2) is 11.5 Å². The average molecular weight is 977 g/mol. The fourth-order valence-corrected chi connectivity index (χ4v) is 24.4. The number of phenolic OH excluding ortho intramolecular Hbond substituents is 2. The highest BCUT2D eigenvalue weighted by molar-refractivity contribution is 5.93. The van der Waals surface area contributed by atoms with Crippen LogP contribution in [0.5, 0.6) is 11.5 Å². The maximum Gasteiger partial charge on any atom is 0.311 e. The van der Waals surface area contributed by atoms with Crippen LogP contribution in [0.3, 0.4) is 0 Å². The van der Waals surface area contributed by atoms with Gasteiger partial charge in [-0.1, -0.05) is 36.4 Å². The molecule has 8 heteroatoms. The van der Waals surface area contributed by atoms with E-state index in [0.717, 1.165) is 82.1 Å². The third-order valence-corrected chi connectivity index (χ3v) is 25.1. The van der Waals surface area contributed by atoms with E-state index in [2.05, 4.69) is 24.3 Å². The van der Waals surface area contributed by atoms with Crippen molar-refractivity contribution < 1.29 is 20.1 Å². The van der Waals surface area contributed by atoms with Crippen molar-refractivity contribution >= 4 is 11.4 Å². The molecule has 0 saturated heterocycles. The lowest BCUT2D eigenvalue weighted by molar-refractivity contribution is -0.386. The largest absolute Gasteiger partial charge is 0.502 e. The molecule has 16 fully saturated rings. The maximum absolute atomic E-state index is 13.3. The van der Waals surface area contributed by atoms with Crippen molar-refractivity contribution in [3.05, 3.63) is 125 Å². The fraction of sp³-hybridized carbons (Fsp3) is 0.631. The smallest absolute Gasteiger partial charge is 0.311 e. The van der Waals surface area contributed by atoms with E-state index >= 15 is 0 Å². The molecule has 0 radical (unpaired) electrons. The van der Waals surface area contributed by atoms with Crippen molar-refractivity contribution in [2.75, 3.05) is 0 Å². The molecule has 0 atom stereocenters. The van der Waals surface area contributed by atoms with Crippen molar-refractivity contribution in [1.29, 1.82) is 0 Å². The molecule has 0 aliphatic heterocycles. The summed E-state index contributed by atoms with van der Waals surface area (Å²) in [6.07, 6.45) is 30.7. The van der Waals surface area contributed by atoms with Gasteiger partial charge in [0.2, 0.25) is 0 Å². The van der Waals surface area contributed by atoms with Gasteiger partial charge < -0.3 is 10.2 Å². The highest BCUT2D eigenvalue weighted by atomic mass is 16.6. The van der Waals surface area contributed by atoms with Gasteiger partial charge in [-0.15, -0.1) is 0 Å². The quantitative estimate of drug-likeness (QED) is 0.118. The van der Waals surface area contributed by atoms with Crippen LogP contribution in [0.15, 0.2) is 60.7 Å². The van der Waals surface area contributed by atoms with Gasteiger partial charge in [0.25, 0.3) is 0 Å². The number of fused-ring (bicyclic) bond motifs is 3. The Labute approximate surface area is 429 Å². The predicted molar refractivity (Wildman–Crippen MR) is 280 cm³/mol. The number of nitro benzene ring substituents is 2.